The van der Waals surface area contributed by atoms with Crippen LogP contribution in [0.4, 0.5) is 19.0 Å². The molecule has 0 aromatic carbocycles. The minimum absolute atomic E-state index is 0.0630. The van der Waals surface area contributed by atoms with E-state index in [1.165, 1.54) is 20.0 Å². The predicted molar refractivity (Wildman–Crippen MR) is 69.6 cm³/mol. The van der Waals surface area contributed by atoms with Crippen LogP contribution < -0.4 is 10.2 Å². The van der Waals surface area contributed by atoms with Crippen molar-refractivity contribution in [2.24, 2.45) is 0 Å². The summed E-state index contributed by atoms with van der Waals surface area (Å²) in [5.41, 5.74) is -1.99. The van der Waals surface area contributed by atoms with Gasteiger partial charge in [-0.25, -0.2) is 4.98 Å². The number of anilines is 1. The van der Waals surface area contributed by atoms with Crippen LogP contribution in [0, 0.1) is 0 Å². The molecule has 2 heterocycles. The van der Waals surface area contributed by atoms with E-state index in [0.29, 0.717) is 26.2 Å². The lowest BCUT2D eigenvalue weighted by molar-refractivity contribution is -0.137. The summed E-state index contributed by atoms with van der Waals surface area (Å²) in [4.78, 5) is 5.57. The van der Waals surface area contributed by atoms with Crippen molar-refractivity contribution in [3.63, 3.8) is 0 Å². The maximum absolute atomic E-state index is 13.2. The van der Waals surface area contributed by atoms with E-state index in [1.807, 2.05) is 0 Å². The van der Waals surface area contributed by atoms with E-state index < -0.39 is 17.3 Å². The van der Waals surface area contributed by atoms with Gasteiger partial charge in [0.15, 0.2) is 0 Å². The summed E-state index contributed by atoms with van der Waals surface area (Å²) in [5.74, 6) is -0.0630. The Balaban J connectivity index is 2.45. The standard InChI is InChI=1S/C13H18F3N3O/c1-12(2,20)9-7-10(13(14,15)16)11(18-8-9)19-5-3-17-4-6-19/h7-8,17,20H,3-6H2,1-2H3. The molecule has 0 unspecified atom stereocenters. The van der Waals surface area contributed by atoms with Crippen molar-refractivity contribution in [3.05, 3.63) is 23.4 Å². The number of pyridine rings is 1. The summed E-state index contributed by atoms with van der Waals surface area (Å²) in [6, 6.07) is 0.990. The molecule has 112 valence electrons. The molecular weight excluding hydrogens is 271 g/mol. The van der Waals surface area contributed by atoms with E-state index in [-0.39, 0.29) is 11.4 Å². The predicted octanol–water partition coefficient (Wildman–Crippen LogP) is 1.74. The summed E-state index contributed by atoms with van der Waals surface area (Å²) >= 11 is 0. The van der Waals surface area contributed by atoms with E-state index in [0.717, 1.165) is 6.07 Å². The smallest absolute Gasteiger partial charge is 0.386 e. The van der Waals surface area contributed by atoms with Gasteiger partial charge < -0.3 is 15.3 Å². The second kappa shape index (κ2) is 5.21. The molecule has 0 amide bonds. The molecule has 0 saturated carbocycles. The third-order valence-corrected chi connectivity index (χ3v) is 3.30. The number of halogens is 3. The van der Waals surface area contributed by atoms with Gasteiger partial charge in [0.25, 0.3) is 0 Å². The van der Waals surface area contributed by atoms with Gasteiger partial charge in [-0.1, -0.05) is 0 Å². The van der Waals surface area contributed by atoms with E-state index in [4.69, 9.17) is 0 Å². The summed E-state index contributed by atoms with van der Waals surface area (Å²) in [5, 5.41) is 12.9. The molecule has 0 aliphatic carbocycles. The SMILES string of the molecule is CC(C)(O)c1cnc(N2CCNCC2)c(C(F)(F)F)c1. The highest BCUT2D eigenvalue weighted by atomic mass is 19.4. The zero-order valence-electron chi connectivity index (χ0n) is 11.5. The molecule has 2 N–H and O–H groups in total. The number of hydrogen-bond donors (Lipinski definition) is 2. The quantitative estimate of drug-likeness (QED) is 0.870. The average Bonchev–Trinajstić information content (AvgIpc) is 2.37. The van der Waals surface area contributed by atoms with Crippen LogP contribution in [0.5, 0.6) is 0 Å². The highest BCUT2D eigenvalue weighted by Gasteiger charge is 2.37. The van der Waals surface area contributed by atoms with Gasteiger partial charge in [-0.3, -0.25) is 0 Å². The van der Waals surface area contributed by atoms with Gasteiger partial charge in [-0.05, 0) is 19.9 Å². The van der Waals surface area contributed by atoms with Crippen molar-refractivity contribution in [2.75, 3.05) is 31.1 Å². The van der Waals surface area contributed by atoms with Gasteiger partial charge in [-0.2, -0.15) is 13.2 Å². The fourth-order valence-corrected chi connectivity index (χ4v) is 2.13. The number of aliphatic hydroxyl groups is 1. The maximum Gasteiger partial charge on any atom is 0.419 e. The topological polar surface area (TPSA) is 48.4 Å². The molecule has 1 aliphatic heterocycles. The second-order valence-electron chi connectivity index (χ2n) is 5.39. The lowest BCUT2D eigenvalue weighted by Crippen LogP contribution is -2.44. The zero-order valence-corrected chi connectivity index (χ0v) is 11.5. The molecule has 0 spiro atoms. The van der Waals surface area contributed by atoms with Crippen molar-refractivity contribution in [3.8, 4) is 0 Å². The van der Waals surface area contributed by atoms with E-state index in [9.17, 15) is 18.3 Å². The van der Waals surface area contributed by atoms with Gasteiger partial charge in [0, 0.05) is 37.9 Å². The van der Waals surface area contributed by atoms with Crippen LogP contribution in [-0.2, 0) is 11.8 Å². The van der Waals surface area contributed by atoms with Crippen molar-refractivity contribution in [2.45, 2.75) is 25.6 Å². The zero-order chi connectivity index (χ0) is 15.0. The van der Waals surface area contributed by atoms with Crippen molar-refractivity contribution in [1.82, 2.24) is 10.3 Å². The Morgan fingerprint density at radius 1 is 1.25 bits per heavy atom. The number of rotatable bonds is 2. The van der Waals surface area contributed by atoms with Crippen molar-refractivity contribution >= 4 is 5.82 Å². The fraction of sp³-hybridized carbons (Fsp3) is 0.615. The van der Waals surface area contributed by atoms with Crippen LogP contribution in [0.25, 0.3) is 0 Å². The monoisotopic (exact) mass is 289 g/mol. The van der Waals surface area contributed by atoms with Crippen molar-refractivity contribution < 1.29 is 18.3 Å². The molecule has 0 radical (unpaired) electrons. The molecule has 1 aromatic heterocycles. The Morgan fingerprint density at radius 3 is 2.35 bits per heavy atom. The molecule has 0 atom stereocenters. The first kappa shape index (κ1) is 15.1. The highest BCUT2D eigenvalue weighted by Crippen LogP contribution is 2.37. The first-order valence-corrected chi connectivity index (χ1v) is 6.45. The van der Waals surface area contributed by atoms with E-state index in [2.05, 4.69) is 10.3 Å². The Bertz CT molecular complexity index is 477. The summed E-state index contributed by atoms with van der Waals surface area (Å²) in [7, 11) is 0. The first-order valence-electron chi connectivity index (χ1n) is 6.45. The maximum atomic E-state index is 13.2. The van der Waals surface area contributed by atoms with Gasteiger partial charge in [0.2, 0.25) is 0 Å². The van der Waals surface area contributed by atoms with Crippen LogP contribution in [0.15, 0.2) is 12.3 Å². The largest absolute Gasteiger partial charge is 0.419 e. The minimum atomic E-state index is -4.49. The molecular formula is C13H18F3N3O. The summed E-state index contributed by atoms with van der Waals surface area (Å²) in [6.07, 6.45) is -3.18. The van der Waals surface area contributed by atoms with Gasteiger partial charge in [-0.15, -0.1) is 0 Å². The van der Waals surface area contributed by atoms with E-state index >= 15 is 0 Å². The number of aromatic nitrogens is 1. The molecule has 1 fully saturated rings. The average molecular weight is 289 g/mol. The van der Waals surface area contributed by atoms with Crippen LogP contribution in [-0.4, -0.2) is 36.3 Å². The molecule has 4 nitrogen and oxygen atoms in total. The first-order chi connectivity index (χ1) is 9.19. The van der Waals surface area contributed by atoms with Gasteiger partial charge >= 0.3 is 6.18 Å². The van der Waals surface area contributed by atoms with Crippen molar-refractivity contribution in [1.29, 1.82) is 0 Å². The fourth-order valence-electron chi connectivity index (χ4n) is 2.13. The van der Waals surface area contributed by atoms with Gasteiger partial charge in [0.05, 0.1) is 11.2 Å². The molecule has 1 aliphatic rings. The molecule has 2 rings (SSSR count). The Kier molecular flexibility index (Phi) is 3.93. The normalized spacial score (nSPS) is 17.4. The number of piperazine rings is 1. The third kappa shape index (κ3) is 3.21. The second-order valence-corrected chi connectivity index (χ2v) is 5.39. The third-order valence-electron chi connectivity index (χ3n) is 3.30. The van der Waals surface area contributed by atoms with Crippen LogP contribution >= 0.6 is 0 Å². The molecule has 1 saturated heterocycles. The minimum Gasteiger partial charge on any atom is -0.386 e. The number of nitrogens with zero attached hydrogens (tertiary/aromatic N) is 2. The summed E-state index contributed by atoms with van der Waals surface area (Å²) < 4.78 is 39.6. The van der Waals surface area contributed by atoms with Crippen LogP contribution in [0.1, 0.15) is 25.0 Å². The van der Waals surface area contributed by atoms with Crippen LogP contribution in [0.3, 0.4) is 0 Å². The van der Waals surface area contributed by atoms with E-state index in [1.54, 1.807) is 4.90 Å². The van der Waals surface area contributed by atoms with Gasteiger partial charge in [0.1, 0.15) is 5.82 Å². The number of hydrogen-bond acceptors (Lipinski definition) is 4. The number of alkyl halides is 3. The lowest BCUT2D eigenvalue weighted by atomic mass is 9.98. The number of nitrogens with one attached hydrogen (secondary N) is 1. The molecule has 1 aromatic rings. The Morgan fingerprint density at radius 2 is 1.85 bits per heavy atom. The Labute approximate surface area is 115 Å². The summed E-state index contributed by atoms with van der Waals surface area (Å²) in [6.45, 7) is 5.11. The molecule has 0 bridgehead atoms. The molecule has 20 heavy (non-hydrogen) atoms. The Hall–Kier alpha value is -1.34. The molecule has 7 heteroatoms. The highest BCUT2D eigenvalue weighted by molar-refractivity contribution is 5.51. The lowest BCUT2D eigenvalue weighted by Gasteiger charge is -2.31. The van der Waals surface area contributed by atoms with Crippen LogP contribution in [0.2, 0.25) is 0 Å².